The number of anilines is 1. The molecule has 0 atom stereocenters. The molecule has 1 rings (SSSR count). The summed E-state index contributed by atoms with van der Waals surface area (Å²) in [6, 6.07) is 4.41. The maximum Gasteiger partial charge on any atom is 0.336 e. The van der Waals surface area contributed by atoms with Crippen LogP contribution in [0.2, 0.25) is 0 Å². The van der Waals surface area contributed by atoms with Crippen molar-refractivity contribution in [3.63, 3.8) is 0 Å². The normalized spacial score (nSPS) is 10.3. The number of hydrogen-bond acceptors (Lipinski definition) is 3. The van der Waals surface area contributed by atoms with Crippen LogP contribution in [0.1, 0.15) is 15.9 Å². The van der Waals surface area contributed by atoms with Crippen molar-refractivity contribution in [1.29, 1.82) is 0 Å². The molecule has 5 heteroatoms. The molecule has 0 aliphatic rings. The van der Waals surface area contributed by atoms with Crippen LogP contribution < -0.4 is 11.1 Å². The maximum atomic E-state index is 11.0. The Morgan fingerprint density at radius 1 is 1.44 bits per heavy atom. The number of benzene rings is 1. The second-order valence-electron chi connectivity index (χ2n) is 3.10. The zero-order valence-electron chi connectivity index (χ0n) is 8.73. The molecule has 4 N–H and O–H groups in total. The van der Waals surface area contributed by atoms with Crippen LogP contribution in [0.5, 0.6) is 0 Å². The molecule has 0 spiro atoms. The van der Waals surface area contributed by atoms with Crippen LogP contribution in [0.3, 0.4) is 0 Å². The Morgan fingerprint density at radius 3 is 2.69 bits per heavy atom. The summed E-state index contributed by atoms with van der Waals surface area (Å²) in [6.45, 7) is 0. The Hall–Kier alpha value is -2.30. The first-order chi connectivity index (χ1) is 7.54. The van der Waals surface area contributed by atoms with E-state index in [2.05, 4.69) is 5.32 Å². The van der Waals surface area contributed by atoms with Crippen LogP contribution in [0.4, 0.5) is 5.69 Å². The van der Waals surface area contributed by atoms with E-state index in [1.54, 1.807) is 0 Å². The van der Waals surface area contributed by atoms with Gasteiger partial charge in [0.05, 0.1) is 5.56 Å². The Kier molecular flexibility index (Phi) is 3.66. The summed E-state index contributed by atoms with van der Waals surface area (Å²) in [4.78, 5) is 21.8. The molecule has 0 radical (unpaired) electrons. The summed E-state index contributed by atoms with van der Waals surface area (Å²) in [5.74, 6) is -1.37. The minimum atomic E-state index is -1.06. The number of amides is 1. The summed E-state index contributed by atoms with van der Waals surface area (Å²) in [5, 5.41) is 11.3. The molecule has 0 fully saturated rings. The van der Waals surface area contributed by atoms with E-state index in [0.29, 0.717) is 11.3 Å². The molecule has 0 bridgehead atoms. The molecule has 0 aromatic heterocycles. The second kappa shape index (κ2) is 4.97. The van der Waals surface area contributed by atoms with Gasteiger partial charge in [-0.25, -0.2) is 4.79 Å². The van der Waals surface area contributed by atoms with E-state index < -0.39 is 5.97 Å². The number of aromatic carboxylic acids is 1. The minimum absolute atomic E-state index is 0.106. The average molecular weight is 220 g/mol. The number of nitrogens with one attached hydrogen (secondary N) is 1. The maximum absolute atomic E-state index is 11.0. The van der Waals surface area contributed by atoms with Gasteiger partial charge in [0.15, 0.2) is 0 Å². The molecule has 0 unspecified atom stereocenters. The third-order valence-corrected chi connectivity index (χ3v) is 1.97. The number of carbonyl (C=O) groups is 2. The highest BCUT2D eigenvalue weighted by Gasteiger charge is 2.07. The van der Waals surface area contributed by atoms with Crippen molar-refractivity contribution in [1.82, 2.24) is 5.32 Å². The van der Waals surface area contributed by atoms with Crippen molar-refractivity contribution >= 4 is 23.6 Å². The molecule has 1 amide bonds. The molecule has 0 saturated heterocycles. The van der Waals surface area contributed by atoms with Gasteiger partial charge in [0.25, 0.3) is 0 Å². The summed E-state index contributed by atoms with van der Waals surface area (Å²) >= 11 is 0. The lowest BCUT2D eigenvalue weighted by molar-refractivity contribution is -0.115. The molecule has 1 aromatic rings. The van der Waals surface area contributed by atoms with E-state index in [-0.39, 0.29) is 11.5 Å². The Bertz CT molecular complexity index is 453. The van der Waals surface area contributed by atoms with Gasteiger partial charge in [0.1, 0.15) is 0 Å². The first kappa shape index (κ1) is 11.8. The van der Waals surface area contributed by atoms with Crippen LogP contribution in [0.15, 0.2) is 24.3 Å². The van der Waals surface area contributed by atoms with Crippen LogP contribution in [0, 0.1) is 0 Å². The van der Waals surface area contributed by atoms with Gasteiger partial charge >= 0.3 is 5.97 Å². The van der Waals surface area contributed by atoms with Gasteiger partial charge in [-0.05, 0) is 29.8 Å². The highest BCUT2D eigenvalue weighted by atomic mass is 16.4. The van der Waals surface area contributed by atoms with E-state index in [1.165, 1.54) is 37.4 Å². The van der Waals surface area contributed by atoms with Gasteiger partial charge in [0.2, 0.25) is 5.91 Å². The van der Waals surface area contributed by atoms with Gasteiger partial charge in [-0.2, -0.15) is 0 Å². The van der Waals surface area contributed by atoms with Gasteiger partial charge in [-0.15, -0.1) is 0 Å². The lowest BCUT2D eigenvalue weighted by Crippen LogP contribution is -2.14. The Labute approximate surface area is 92.6 Å². The number of nitrogens with two attached hydrogens (primary N) is 1. The second-order valence-corrected chi connectivity index (χ2v) is 3.10. The van der Waals surface area contributed by atoms with Gasteiger partial charge in [-0.3, -0.25) is 4.79 Å². The molecule has 0 aliphatic heterocycles. The third kappa shape index (κ3) is 2.84. The summed E-state index contributed by atoms with van der Waals surface area (Å²) in [7, 11) is 1.49. The van der Waals surface area contributed by atoms with E-state index in [1.807, 2.05) is 0 Å². The largest absolute Gasteiger partial charge is 0.478 e. The molecular formula is C11H12N2O3. The van der Waals surface area contributed by atoms with E-state index >= 15 is 0 Å². The topological polar surface area (TPSA) is 92.4 Å². The van der Waals surface area contributed by atoms with Crippen molar-refractivity contribution < 1.29 is 14.7 Å². The third-order valence-electron chi connectivity index (χ3n) is 1.97. The molecule has 84 valence electrons. The van der Waals surface area contributed by atoms with Crippen molar-refractivity contribution in [2.75, 3.05) is 12.8 Å². The Morgan fingerprint density at radius 2 is 2.12 bits per heavy atom. The molecular weight excluding hydrogens is 208 g/mol. The van der Waals surface area contributed by atoms with Crippen LogP contribution in [-0.2, 0) is 4.79 Å². The molecule has 5 nitrogen and oxygen atoms in total. The molecule has 16 heavy (non-hydrogen) atoms. The van der Waals surface area contributed by atoms with Crippen molar-refractivity contribution in [2.45, 2.75) is 0 Å². The molecule has 0 aliphatic carbocycles. The van der Waals surface area contributed by atoms with Crippen LogP contribution in [-0.4, -0.2) is 24.0 Å². The number of carboxylic acids is 1. The van der Waals surface area contributed by atoms with E-state index in [0.717, 1.165) is 0 Å². The highest BCUT2D eigenvalue weighted by molar-refractivity contribution is 5.96. The van der Waals surface area contributed by atoms with E-state index in [4.69, 9.17) is 10.8 Å². The van der Waals surface area contributed by atoms with Crippen LogP contribution in [0.25, 0.3) is 6.08 Å². The fourth-order valence-corrected chi connectivity index (χ4v) is 1.16. The quantitative estimate of drug-likeness (QED) is 0.517. The van der Waals surface area contributed by atoms with Gasteiger partial charge < -0.3 is 16.2 Å². The predicted molar refractivity (Wildman–Crippen MR) is 60.9 cm³/mol. The SMILES string of the molecule is CNC(=O)/C=C/c1cc(N)ccc1C(=O)O. The average Bonchev–Trinajstić information content (AvgIpc) is 2.25. The number of likely N-dealkylation sites (N-methyl/N-ethyl adjacent to an activating group) is 1. The minimum Gasteiger partial charge on any atom is -0.478 e. The number of carboxylic acid groups (broad SMARTS) is 1. The fourth-order valence-electron chi connectivity index (χ4n) is 1.16. The zero-order valence-corrected chi connectivity index (χ0v) is 8.73. The lowest BCUT2D eigenvalue weighted by Gasteiger charge is -2.02. The predicted octanol–water partition coefficient (Wildman–Crippen LogP) is 0.726. The molecule has 1 aromatic carbocycles. The fraction of sp³-hybridized carbons (Fsp3) is 0.0909. The van der Waals surface area contributed by atoms with Crippen molar-refractivity contribution in [2.24, 2.45) is 0 Å². The number of nitrogen functional groups attached to an aromatic ring is 1. The monoisotopic (exact) mass is 220 g/mol. The molecule has 0 heterocycles. The highest BCUT2D eigenvalue weighted by Crippen LogP contribution is 2.15. The van der Waals surface area contributed by atoms with E-state index in [9.17, 15) is 9.59 Å². The standard InChI is InChI=1S/C11H12N2O3/c1-13-10(14)5-2-7-6-8(12)3-4-9(7)11(15)16/h2-6H,12H2,1H3,(H,13,14)(H,15,16)/b5-2+. The first-order valence-electron chi connectivity index (χ1n) is 4.57. The van der Waals surface area contributed by atoms with Gasteiger partial charge in [0, 0.05) is 18.8 Å². The van der Waals surface area contributed by atoms with Crippen molar-refractivity contribution in [3.05, 3.63) is 35.4 Å². The summed E-state index contributed by atoms with van der Waals surface area (Å²) < 4.78 is 0. The number of hydrogen-bond donors (Lipinski definition) is 3. The molecule has 0 saturated carbocycles. The summed E-state index contributed by atoms with van der Waals surface area (Å²) in [5.41, 5.74) is 6.49. The van der Waals surface area contributed by atoms with Crippen LogP contribution >= 0.6 is 0 Å². The van der Waals surface area contributed by atoms with Crippen molar-refractivity contribution in [3.8, 4) is 0 Å². The summed E-state index contributed by atoms with van der Waals surface area (Å²) in [6.07, 6.45) is 2.67. The lowest BCUT2D eigenvalue weighted by atomic mass is 10.1. The number of carbonyl (C=O) groups excluding carboxylic acids is 1. The Balaban J connectivity index is 3.10. The smallest absolute Gasteiger partial charge is 0.336 e. The van der Waals surface area contributed by atoms with Gasteiger partial charge in [-0.1, -0.05) is 0 Å². The zero-order chi connectivity index (χ0) is 12.1. The number of rotatable bonds is 3. The first-order valence-corrected chi connectivity index (χ1v) is 4.57.